The number of fused-ring (bicyclic) bond motifs is 2. The summed E-state index contributed by atoms with van der Waals surface area (Å²) in [5, 5.41) is -0.508. The van der Waals surface area contributed by atoms with E-state index >= 15 is 0 Å². The van der Waals surface area contributed by atoms with Gasteiger partial charge in [-0.05, 0) is 158 Å². The Labute approximate surface area is 310 Å². The van der Waals surface area contributed by atoms with Crippen LogP contribution in [0.15, 0.2) is 36.4 Å². The van der Waals surface area contributed by atoms with Crippen LogP contribution in [0.25, 0.3) is 0 Å². The predicted molar refractivity (Wildman–Crippen MR) is 205 cm³/mol. The van der Waals surface area contributed by atoms with Crippen molar-refractivity contribution in [1.29, 1.82) is 0 Å². The summed E-state index contributed by atoms with van der Waals surface area (Å²) in [6.07, 6.45) is 15.3. The maximum absolute atomic E-state index is 11.9. The van der Waals surface area contributed by atoms with Crippen molar-refractivity contribution in [2.45, 2.75) is 131 Å². The zero-order valence-electron chi connectivity index (χ0n) is 30.6. The molecule has 0 atom stereocenters. The van der Waals surface area contributed by atoms with Gasteiger partial charge in [0.1, 0.15) is 17.4 Å². The fraction of sp³-hybridized carbons (Fsp3) is 0.659. The van der Waals surface area contributed by atoms with Crippen LogP contribution in [0.3, 0.4) is 0 Å². The molecule has 2 aromatic rings. The number of nitrogens with zero attached hydrogens (tertiary/aromatic N) is 1. The molecule has 0 saturated heterocycles. The van der Waals surface area contributed by atoms with Gasteiger partial charge in [-0.3, -0.25) is 9.59 Å². The quantitative estimate of drug-likeness (QED) is 0.219. The SMILES string of the molecule is CC(C)(C)C1CCC(Oc2ccc3c(c2)CCC3)CC1.CC(C)(C)C1CCC(Oc2ccc3c(c2)CCN3C(=O)CCl)CC1.O=C(Cl)CCl. The van der Waals surface area contributed by atoms with Crippen LogP contribution in [0.1, 0.15) is 116 Å². The van der Waals surface area contributed by atoms with Crippen molar-refractivity contribution < 1.29 is 19.1 Å². The standard InChI is InChI=1S/C20H28ClNO2.C19H28O.C2H2Cl2O/c1-20(2,3)15-4-6-16(7-5-15)24-17-8-9-18-14(12-17)10-11-22(18)19(23)13-21;1-19(2,3)16-8-11-17(12-9-16)20-18-10-7-14-5-4-6-15(14)13-18;3-1-2(4)5/h8-9,12,15-16H,4-7,10-11,13H2,1-3H3;7,10,13,16-17H,4-6,8-9,11-12H2,1-3H3;1H2. The van der Waals surface area contributed by atoms with E-state index in [1.165, 1.54) is 74.5 Å². The lowest BCUT2D eigenvalue weighted by Gasteiger charge is -2.37. The van der Waals surface area contributed by atoms with E-state index in [2.05, 4.69) is 65.8 Å². The van der Waals surface area contributed by atoms with Gasteiger partial charge in [-0.1, -0.05) is 47.6 Å². The summed E-state index contributed by atoms with van der Waals surface area (Å²) in [5.74, 6) is 3.62. The Morgan fingerprint density at radius 1 is 0.673 bits per heavy atom. The first-order valence-corrected chi connectivity index (χ1v) is 19.8. The van der Waals surface area contributed by atoms with E-state index in [-0.39, 0.29) is 17.7 Å². The number of ether oxygens (including phenoxy) is 2. The smallest absolute Gasteiger partial charge is 0.241 e. The number of alkyl halides is 2. The second-order valence-electron chi connectivity index (χ2n) is 16.4. The van der Waals surface area contributed by atoms with Crippen molar-refractivity contribution in [2.24, 2.45) is 22.7 Å². The van der Waals surface area contributed by atoms with Crippen LogP contribution >= 0.6 is 34.8 Å². The predicted octanol–water partition coefficient (Wildman–Crippen LogP) is 10.9. The normalized spacial score (nSPS) is 23.2. The Balaban J connectivity index is 0.000000197. The number of carbonyl (C=O) groups excluding carboxylic acids is 2. The summed E-state index contributed by atoms with van der Waals surface area (Å²) in [4.78, 5) is 23.1. The number of anilines is 1. The van der Waals surface area contributed by atoms with E-state index in [9.17, 15) is 9.59 Å². The zero-order chi connectivity index (χ0) is 35.8. The van der Waals surface area contributed by atoms with E-state index in [0.29, 0.717) is 23.0 Å². The average Bonchev–Trinajstić information content (AvgIpc) is 3.71. The van der Waals surface area contributed by atoms with Crippen molar-refractivity contribution in [2.75, 3.05) is 23.2 Å². The molecule has 0 spiro atoms. The largest absolute Gasteiger partial charge is 0.490 e. The molecule has 2 fully saturated rings. The van der Waals surface area contributed by atoms with Gasteiger partial charge in [0.05, 0.1) is 18.1 Å². The van der Waals surface area contributed by atoms with Gasteiger partial charge in [0.15, 0.2) is 0 Å². The highest BCUT2D eigenvalue weighted by molar-refractivity contribution is 6.67. The number of hydrogen-bond acceptors (Lipinski definition) is 4. The van der Waals surface area contributed by atoms with E-state index in [4.69, 9.17) is 44.3 Å². The first-order chi connectivity index (χ1) is 23.2. The molecule has 2 aromatic carbocycles. The van der Waals surface area contributed by atoms with Gasteiger partial charge in [0, 0.05) is 12.2 Å². The number of amides is 1. The molecule has 8 heteroatoms. The minimum atomic E-state index is -0.508. The molecule has 0 N–H and O–H groups in total. The van der Waals surface area contributed by atoms with Crippen molar-refractivity contribution in [3.05, 3.63) is 53.1 Å². The number of carbonyl (C=O) groups is 2. The number of hydrogen-bond donors (Lipinski definition) is 0. The minimum Gasteiger partial charge on any atom is -0.490 e. The van der Waals surface area contributed by atoms with E-state index in [0.717, 1.165) is 54.8 Å². The first-order valence-electron chi connectivity index (χ1n) is 18.4. The van der Waals surface area contributed by atoms with Gasteiger partial charge in [-0.15, -0.1) is 23.2 Å². The van der Waals surface area contributed by atoms with Gasteiger partial charge >= 0.3 is 0 Å². The molecule has 3 aliphatic carbocycles. The Kier molecular flexibility index (Phi) is 14.6. The van der Waals surface area contributed by atoms with Crippen molar-refractivity contribution in [1.82, 2.24) is 0 Å². The van der Waals surface area contributed by atoms with Gasteiger partial charge in [-0.25, -0.2) is 0 Å². The maximum Gasteiger partial charge on any atom is 0.241 e. The molecular formula is C41H58Cl3NO4. The third-order valence-electron chi connectivity index (χ3n) is 10.9. The molecule has 1 amide bonds. The van der Waals surface area contributed by atoms with Crippen molar-refractivity contribution >= 4 is 51.6 Å². The lowest BCUT2D eigenvalue weighted by Crippen LogP contribution is -2.30. The number of aryl methyl sites for hydroxylation is 2. The second-order valence-corrected chi connectivity index (χ2v) is 17.4. The van der Waals surface area contributed by atoms with Crippen LogP contribution < -0.4 is 14.4 Å². The lowest BCUT2D eigenvalue weighted by molar-refractivity contribution is -0.116. The maximum atomic E-state index is 11.9. The summed E-state index contributed by atoms with van der Waals surface area (Å²) >= 11 is 15.2. The van der Waals surface area contributed by atoms with Crippen LogP contribution in [0.5, 0.6) is 11.5 Å². The van der Waals surface area contributed by atoms with Gasteiger partial charge in [0.2, 0.25) is 11.1 Å². The molecule has 4 aliphatic rings. The Morgan fingerprint density at radius 2 is 1.14 bits per heavy atom. The van der Waals surface area contributed by atoms with Crippen LogP contribution in [-0.4, -0.2) is 41.7 Å². The first kappa shape index (κ1) is 39.8. The highest BCUT2D eigenvalue weighted by Gasteiger charge is 2.32. The van der Waals surface area contributed by atoms with E-state index < -0.39 is 5.24 Å². The molecule has 49 heavy (non-hydrogen) atoms. The van der Waals surface area contributed by atoms with Gasteiger partial charge in [-0.2, -0.15) is 0 Å². The molecule has 0 unspecified atom stereocenters. The van der Waals surface area contributed by atoms with Crippen LogP contribution in [0, 0.1) is 22.7 Å². The lowest BCUT2D eigenvalue weighted by atomic mass is 9.72. The molecule has 6 rings (SSSR count). The minimum absolute atomic E-state index is 0.0235. The monoisotopic (exact) mass is 733 g/mol. The van der Waals surface area contributed by atoms with Gasteiger partial charge in [0.25, 0.3) is 0 Å². The van der Waals surface area contributed by atoms with Crippen molar-refractivity contribution in [3.63, 3.8) is 0 Å². The average molecular weight is 735 g/mol. The molecular weight excluding hydrogens is 677 g/mol. The Bertz CT molecular complexity index is 1380. The summed E-state index contributed by atoms with van der Waals surface area (Å²) in [5.41, 5.74) is 6.09. The zero-order valence-corrected chi connectivity index (χ0v) is 32.9. The number of rotatable bonds is 6. The molecule has 0 aromatic heterocycles. The second kappa shape index (κ2) is 18.0. The summed E-state index contributed by atoms with van der Waals surface area (Å²) in [6, 6.07) is 12.8. The molecule has 2 saturated carbocycles. The molecule has 1 aliphatic heterocycles. The number of benzene rings is 2. The van der Waals surface area contributed by atoms with Crippen LogP contribution in [0.2, 0.25) is 0 Å². The van der Waals surface area contributed by atoms with Crippen molar-refractivity contribution in [3.8, 4) is 11.5 Å². The topological polar surface area (TPSA) is 55.8 Å². The van der Waals surface area contributed by atoms with Crippen LogP contribution in [-0.2, 0) is 28.9 Å². The third-order valence-corrected chi connectivity index (χ3v) is 11.7. The highest BCUT2D eigenvalue weighted by atomic mass is 35.5. The molecule has 0 radical (unpaired) electrons. The fourth-order valence-corrected chi connectivity index (χ4v) is 8.03. The summed E-state index contributed by atoms with van der Waals surface area (Å²) in [6.45, 7) is 14.9. The molecule has 5 nitrogen and oxygen atoms in total. The highest BCUT2D eigenvalue weighted by Crippen LogP contribution is 2.41. The summed E-state index contributed by atoms with van der Waals surface area (Å²) < 4.78 is 12.5. The van der Waals surface area contributed by atoms with Gasteiger partial charge < -0.3 is 14.4 Å². The molecule has 0 bridgehead atoms. The van der Waals surface area contributed by atoms with Crippen LogP contribution in [0.4, 0.5) is 5.69 Å². The molecule has 272 valence electrons. The number of halogens is 3. The third kappa shape index (κ3) is 11.8. The Morgan fingerprint density at radius 3 is 1.61 bits per heavy atom. The Hall–Kier alpha value is -1.95. The molecule has 1 heterocycles. The van der Waals surface area contributed by atoms with E-state index in [1.807, 2.05) is 12.1 Å². The fourth-order valence-electron chi connectivity index (χ4n) is 7.88. The summed E-state index contributed by atoms with van der Waals surface area (Å²) in [7, 11) is 0. The van der Waals surface area contributed by atoms with E-state index in [1.54, 1.807) is 4.90 Å².